The number of hydrogen-bond donors (Lipinski definition) is 0. The smallest absolute Gasteiger partial charge is 0.359 e. The fraction of sp³-hybridized carbons (Fsp3) is 0.923. The molecule has 0 rings (SSSR count). The predicted octanol–water partition coefficient (Wildman–Crippen LogP) is 3.05. The number of ether oxygens (including phenoxy) is 1. The van der Waals surface area contributed by atoms with Gasteiger partial charge in [0.1, 0.15) is 0 Å². The highest BCUT2D eigenvalue weighted by atomic mass is 32.2. The summed E-state index contributed by atoms with van der Waals surface area (Å²) in [6.45, 7) is 4.33. The molecule has 0 aliphatic rings. The Labute approximate surface area is 108 Å². The van der Waals surface area contributed by atoms with Crippen LogP contribution in [0.4, 0.5) is 0 Å². The summed E-state index contributed by atoms with van der Waals surface area (Å²) in [5.74, 6) is -0.304. The summed E-state index contributed by atoms with van der Waals surface area (Å²) < 4.78 is 16.4. The van der Waals surface area contributed by atoms with Crippen molar-refractivity contribution < 1.29 is 14.1 Å². The van der Waals surface area contributed by atoms with Crippen molar-refractivity contribution in [2.24, 2.45) is 0 Å². The van der Waals surface area contributed by atoms with Crippen LogP contribution in [-0.4, -0.2) is 28.6 Å². The predicted molar refractivity (Wildman–Crippen MR) is 72.5 cm³/mol. The highest BCUT2D eigenvalue weighted by Gasteiger charge is 2.28. The standard InChI is InChI=1S/C13H26O3S/c1-4-6-7-8-9-10-11-12(17(3)15)13(14)16-5-2/h12H,4-11H2,1-3H3. The lowest BCUT2D eigenvalue weighted by Gasteiger charge is -2.16. The zero-order valence-electron chi connectivity index (χ0n) is 11.4. The Kier molecular flexibility index (Phi) is 10.8. The van der Waals surface area contributed by atoms with Gasteiger partial charge in [0.15, 0.2) is 0 Å². The minimum absolute atomic E-state index is 0.304. The number of carbonyl (C=O) groups excluding carboxylic acids is 1. The minimum atomic E-state index is -1.12. The molecule has 0 aromatic rings. The van der Waals surface area contributed by atoms with E-state index in [2.05, 4.69) is 6.92 Å². The zero-order valence-corrected chi connectivity index (χ0v) is 12.2. The molecule has 102 valence electrons. The van der Waals surface area contributed by atoms with Crippen LogP contribution in [0.5, 0.6) is 0 Å². The first kappa shape index (κ1) is 16.8. The van der Waals surface area contributed by atoms with E-state index in [9.17, 15) is 9.35 Å². The fourth-order valence-electron chi connectivity index (χ4n) is 1.76. The molecule has 0 saturated carbocycles. The van der Waals surface area contributed by atoms with Crippen molar-refractivity contribution in [3.05, 3.63) is 0 Å². The summed E-state index contributed by atoms with van der Waals surface area (Å²) in [5, 5.41) is -0.430. The second kappa shape index (κ2) is 10.9. The highest BCUT2D eigenvalue weighted by molar-refractivity contribution is 7.92. The Balaban J connectivity index is 3.74. The summed E-state index contributed by atoms with van der Waals surface area (Å²) >= 11 is -1.12. The molecule has 17 heavy (non-hydrogen) atoms. The molecule has 0 amide bonds. The highest BCUT2D eigenvalue weighted by Crippen LogP contribution is 2.14. The van der Waals surface area contributed by atoms with Gasteiger partial charge in [-0.1, -0.05) is 39.0 Å². The third-order valence-electron chi connectivity index (χ3n) is 2.77. The van der Waals surface area contributed by atoms with Crippen molar-refractivity contribution in [1.82, 2.24) is 0 Å². The Morgan fingerprint density at radius 1 is 1.18 bits per heavy atom. The van der Waals surface area contributed by atoms with Crippen molar-refractivity contribution in [3.63, 3.8) is 0 Å². The first-order valence-corrected chi connectivity index (χ1v) is 8.24. The zero-order chi connectivity index (χ0) is 13.1. The van der Waals surface area contributed by atoms with Gasteiger partial charge in [-0.3, -0.25) is 0 Å². The van der Waals surface area contributed by atoms with Gasteiger partial charge in [-0.05, 0) is 24.5 Å². The van der Waals surface area contributed by atoms with Crippen LogP contribution >= 0.6 is 0 Å². The maximum absolute atomic E-state index is 11.5. The third-order valence-corrected chi connectivity index (χ3v) is 4.00. The maximum atomic E-state index is 11.5. The van der Waals surface area contributed by atoms with E-state index in [1.807, 2.05) is 0 Å². The molecule has 0 heterocycles. The summed E-state index contributed by atoms with van der Waals surface area (Å²) in [4.78, 5) is 11.5. The van der Waals surface area contributed by atoms with Crippen LogP contribution in [0.3, 0.4) is 0 Å². The van der Waals surface area contributed by atoms with Gasteiger partial charge in [0.25, 0.3) is 0 Å². The van der Waals surface area contributed by atoms with E-state index >= 15 is 0 Å². The molecule has 2 unspecified atom stereocenters. The van der Waals surface area contributed by atoms with Crippen LogP contribution in [0, 0.1) is 0 Å². The number of hydrogen-bond acceptors (Lipinski definition) is 3. The van der Waals surface area contributed by atoms with Gasteiger partial charge in [0.05, 0.1) is 12.9 Å². The lowest BCUT2D eigenvalue weighted by molar-refractivity contribution is -0.142. The number of carbonyl (C=O) groups is 1. The molecule has 0 saturated heterocycles. The average molecular weight is 262 g/mol. The van der Waals surface area contributed by atoms with Gasteiger partial charge in [0.2, 0.25) is 5.25 Å². The topological polar surface area (TPSA) is 49.4 Å². The summed E-state index contributed by atoms with van der Waals surface area (Å²) in [7, 11) is 0. The average Bonchev–Trinajstić information content (AvgIpc) is 2.27. The first-order valence-electron chi connectivity index (χ1n) is 6.62. The van der Waals surface area contributed by atoms with Gasteiger partial charge in [-0.25, -0.2) is 4.79 Å². The fourth-order valence-corrected chi connectivity index (χ4v) is 2.60. The Morgan fingerprint density at radius 2 is 1.76 bits per heavy atom. The molecule has 0 fully saturated rings. The molecule has 2 atom stereocenters. The third kappa shape index (κ3) is 8.50. The van der Waals surface area contributed by atoms with E-state index in [0.29, 0.717) is 13.0 Å². The summed E-state index contributed by atoms with van der Waals surface area (Å²) in [6.07, 6.45) is 9.34. The van der Waals surface area contributed by atoms with Crippen molar-refractivity contribution in [1.29, 1.82) is 0 Å². The number of esters is 1. The van der Waals surface area contributed by atoms with E-state index in [0.717, 1.165) is 12.8 Å². The Bertz CT molecular complexity index is 195. The number of unbranched alkanes of at least 4 members (excludes halogenated alkanes) is 5. The van der Waals surface area contributed by atoms with Gasteiger partial charge >= 0.3 is 5.97 Å². The lowest BCUT2D eigenvalue weighted by atomic mass is 10.1. The van der Waals surface area contributed by atoms with Crippen LogP contribution in [0.1, 0.15) is 58.8 Å². The van der Waals surface area contributed by atoms with Crippen molar-refractivity contribution in [2.75, 3.05) is 12.9 Å². The molecule has 0 radical (unpaired) electrons. The van der Waals surface area contributed by atoms with Gasteiger partial charge in [-0.15, -0.1) is 0 Å². The molecule has 0 spiro atoms. The second-order valence-corrected chi connectivity index (χ2v) is 5.86. The maximum Gasteiger partial charge on any atom is 0.359 e. The molecular formula is C13H26O3S. The Morgan fingerprint density at radius 3 is 2.29 bits per heavy atom. The SMILES string of the molecule is CCCCCCCCC(C(=O)OCC)[S+](C)[O-]. The largest absolute Gasteiger partial charge is 0.616 e. The molecule has 0 aliphatic carbocycles. The van der Waals surface area contributed by atoms with Crippen LogP contribution < -0.4 is 0 Å². The van der Waals surface area contributed by atoms with Gasteiger partial charge in [0, 0.05) is 6.42 Å². The molecular weight excluding hydrogens is 236 g/mol. The second-order valence-electron chi connectivity index (χ2n) is 4.30. The molecule has 0 aromatic heterocycles. The van der Waals surface area contributed by atoms with Crippen LogP contribution in [0.2, 0.25) is 0 Å². The van der Waals surface area contributed by atoms with Crippen molar-refractivity contribution in [3.8, 4) is 0 Å². The number of rotatable bonds is 10. The van der Waals surface area contributed by atoms with E-state index in [-0.39, 0.29) is 5.97 Å². The van der Waals surface area contributed by atoms with E-state index in [1.54, 1.807) is 13.2 Å². The molecule has 0 bridgehead atoms. The molecule has 0 N–H and O–H groups in total. The summed E-state index contributed by atoms with van der Waals surface area (Å²) in [6, 6.07) is 0. The molecule has 0 aromatic carbocycles. The van der Waals surface area contributed by atoms with Crippen LogP contribution in [-0.2, 0) is 20.7 Å². The van der Waals surface area contributed by atoms with Gasteiger partial charge in [-0.2, -0.15) is 0 Å². The van der Waals surface area contributed by atoms with Crippen molar-refractivity contribution in [2.45, 2.75) is 64.0 Å². The molecule has 0 aliphatic heterocycles. The van der Waals surface area contributed by atoms with Crippen LogP contribution in [0.25, 0.3) is 0 Å². The van der Waals surface area contributed by atoms with E-state index in [1.165, 1.54) is 25.7 Å². The summed E-state index contributed by atoms with van der Waals surface area (Å²) in [5.41, 5.74) is 0. The first-order chi connectivity index (χ1) is 8.13. The van der Waals surface area contributed by atoms with Crippen LogP contribution in [0.15, 0.2) is 0 Å². The van der Waals surface area contributed by atoms with Gasteiger partial charge < -0.3 is 9.29 Å². The molecule has 4 heteroatoms. The normalized spacial score (nSPS) is 14.4. The van der Waals surface area contributed by atoms with E-state index < -0.39 is 16.4 Å². The lowest BCUT2D eigenvalue weighted by Crippen LogP contribution is -2.31. The Hall–Kier alpha value is -0.220. The monoisotopic (exact) mass is 262 g/mol. The van der Waals surface area contributed by atoms with E-state index in [4.69, 9.17) is 4.74 Å². The van der Waals surface area contributed by atoms with Crippen molar-refractivity contribution >= 4 is 17.1 Å². The quantitative estimate of drug-likeness (QED) is 0.345. The minimum Gasteiger partial charge on any atom is -0.616 e. The molecule has 3 nitrogen and oxygen atoms in total.